The molecular weight excluding hydrogens is 501 g/mol. The minimum atomic E-state index is -0.164. The highest BCUT2D eigenvalue weighted by Gasteiger charge is 2.20. The number of piperazine rings is 1. The Morgan fingerprint density at radius 2 is 2.03 bits per heavy atom. The number of aliphatic imine (C=N–C) groups is 1. The number of nitrogens with one attached hydrogen (secondary N) is 2. The Balaban J connectivity index is 0.00000300. The van der Waals surface area contributed by atoms with Gasteiger partial charge in [0.15, 0.2) is 11.7 Å². The zero-order valence-electron chi connectivity index (χ0n) is 17.0. The van der Waals surface area contributed by atoms with Crippen LogP contribution in [-0.4, -0.2) is 62.6 Å². The number of guanidine groups is 1. The van der Waals surface area contributed by atoms with Gasteiger partial charge in [0.25, 0.3) is 5.91 Å². The number of hydrogen-bond acceptors (Lipinski definition) is 5. The van der Waals surface area contributed by atoms with E-state index in [0.717, 1.165) is 50.7 Å². The van der Waals surface area contributed by atoms with Crippen LogP contribution in [0.15, 0.2) is 39.3 Å². The molecule has 2 N–H and O–H groups in total. The van der Waals surface area contributed by atoms with Crippen LogP contribution in [0.5, 0.6) is 0 Å². The topological polar surface area (TPSA) is 73.1 Å². The quantitative estimate of drug-likeness (QED) is 0.249. The number of furan rings is 1. The lowest BCUT2D eigenvalue weighted by Crippen LogP contribution is -2.52. The van der Waals surface area contributed by atoms with Crippen molar-refractivity contribution in [2.75, 3.05) is 50.7 Å². The fraction of sp³-hybridized carbons (Fsp3) is 0.500. The van der Waals surface area contributed by atoms with Crippen molar-refractivity contribution in [1.29, 1.82) is 0 Å². The first-order valence-electron chi connectivity index (χ1n) is 9.83. The zero-order chi connectivity index (χ0) is 19.8. The molecular formula is C20H30IN5O2S. The van der Waals surface area contributed by atoms with Gasteiger partial charge in [-0.2, -0.15) is 0 Å². The molecule has 3 rings (SSSR count). The van der Waals surface area contributed by atoms with Gasteiger partial charge in [-0.25, -0.2) is 0 Å². The standard InChI is InChI=1S/C20H29N5O2S.HI/c1-3-21-20(25-12-10-24(11-13-25)17-6-4-15-28-17)23-9-5-8-22-19(26)18-16(2)7-14-27-18;/h4,6-7,14-15H,3,5,8-13H2,1-2H3,(H,21,23)(H,22,26);1H. The molecule has 1 amide bonds. The van der Waals surface area contributed by atoms with Crippen molar-refractivity contribution in [2.24, 2.45) is 4.99 Å². The molecule has 0 aliphatic carbocycles. The number of carbonyl (C=O) groups is 1. The summed E-state index contributed by atoms with van der Waals surface area (Å²) >= 11 is 1.79. The minimum Gasteiger partial charge on any atom is -0.459 e. The number of rotatable bonds is 7. The van der Waals surface area contributed by atoms with Gasteiger partial charge in [0.1, 0.15) is 0 Å². The molecule has 1 saturated heterocycles. The Kier molecular flexibility index (Phi) is 9.79. The summed E-state index contributed by atoms with van der Waals surface area (Å²) in [5.74, 6) is 1.19. The van der Waals surface area contributed by atoms with E-state index in [1.807, 2.05) is 6.92 Å². The Bertz CT molecular complexity index is 770. The van der Waals surface area contributed by atoms with Crippen molar-refractivity contribution in [2.45, 2.75) is 20.3 Å². The molecule has 0 aromatic carbocycles. The van der Waals surface area contributed by atoms with E-state index >= 15 is 0 Å². The van der Waals surface area contributed by atoms with Gasteiger partial charge in [0.2, 0.25) is 0 Å². The van der Waals surface area contributed by atoms with Crippen molar-refractivity contribution in [3.63, 3.8) is 0 Å². The van der Waals surface area contributed by atoms with E-state index in [0.29, 0.717) is 18.8 Å². The van der Waals surface area contributed by atoms with E-state index in [1.54, 1.807) is 17.4 Å². The molecule has 0 atom stereocenters. The second-order valence-corrected chi connectivity index (χ2v) is 7.63. The molecule has 7 nitrogen and oxygen atoms in total. The van der Waals surface area contributed by atoms with Crippen molar-refractivity contribution in [1.82, 2.24) is 15.5 Å². The molecule has 29 heavy (non-hydrogen) atoms. The number of nitrogens with zero attached hydrogens (tertiary/aromatic N) is 3. The second kappa shape index (κ2) is 12.1. The normalized spacial score (nSPS) is 14.5. The van der Waals surface area contributed by atoms with Gasteiger partial charge in [0, 0.05) is 51.4 Å². The van der Waals surface area contributed by atoms with Gasteiger partial charge in [-0.1, -0.05) is 0 Å². The molecule has 0 unspecified atom stereocenters. The molecule has 9 heteroatoms. The highest BCUT2D eigenvalue weighted by Crippen LogP contribution is 2.22. The van der Waals surface area contributed by atoms with Crippen LogP contribution in [0.2, 0.25) is 0 Å². The third-order valence-corrected chi connectivity index (χ3v) is 5.61. The molecule has 1 aliphatic heterocycles. The molecule has 1 aliphatic rings. The first kappa shape index (κ1) is 23.5. The average Bonchev–Trinajstić information content (AvgIpc) is 3.39. The first-order chi connectivity index (χ1) is 13.7. The maximum Gasteiger partial charge on any atom is 0.287 e. The van der Waals surface area contributed by atoms with E-state index < -0.39 is 0 Å². The zero-order valence-corrected chi connectivity index (χ0v) is 20.2. The lowest BCUT2D eigenvalue weighted by atomic mass is 10.2. The van der Waals surface area contributed by atoms with Crippen LogP contribution in [0.4, 0.5) is 5.00 Å². The molecule has 3 heterocycles. The smallest absolute Gasteiger partial charge is 0.287 e. The van der Waals surface area contributed by atoms with E-state index in [4.69, 9.17) is 9.41 Å². The maximum absolute atomic E-state index is 12.0. The Morgan fingerprint density at radius 1 is 1.24 bits per heavy atom. The summed E-state index contributed by atoms with van der Waals surface area (Å²) in [6, 6.07) is 6.07. The summed E-state index contributed by atoms with van der Waals surface area (Å²) in [5, 5.41) is 9.74. The number of carbonyl (C=O) groups excluding carboxylic acids is 1. The van der Waals surface area contributed by atoms with Crippen molar-refractivity contribution in [3.8, 4) is 0 Å². The molecule has 1 fully saturated rings. The van der Waals surface area contributed by atoms with E-state index in [1.165, 1.54) is 11.3 Å². The van der Waals surface area contributed by atoms with Gasteiger partial charge in [0.05, 0.1) is 11.3 Å². The highest BCUT2D eigenvalue weighted by atomic mass is 127. The Labute approximate surface area is 193 Å². The molecule has 0 spiro atoms. The molecule has 2 aromatic heterocycles. The monoisotopic (exact) mass is 531 g/mol. The number of halogens is 1. The highest BCUT2D eigenvalue weighted by molar-refractivity contribution is 14.0. The van der Waals surface area contributed by atoms with Crippen LogP contribution in [0.3, 0.4) is 0 Å². The Morgan fingerprint density at radius 3 is 2.66 bits per heavy atom. The fourth-order valence-corrected chi connectivity index (χ4v) is 3.95. The van der Waals surface area contributed by atoms with E-state index in [-0.39, 0.29) is 29.9 Å². The van der Waals surface area contributed by atoms with Crippen LogP contribution in [0.25, 0.3) is 0 Å². The molecule has 160 valence electrons. The van der Waals surface area contributed by atoms with Crippen LogP contribution in [-0.2, 0) is 0 Å². The second-order valence-electron chi connectivity index (χ2n) is 6.70. The SMILES string of the molecule is CCNC(=NCCCNC(=O)c1occc1C)N1CCN(c2cccs2)CC1.I. The number of aryl methyl sites for hydroxylation is 1. The lowest BCUT2D eigenvalue weighted by molar-refractivity contribution is 0.0925. The van der Waals surface area contributed by atoms with Crippen LogP contribution in [0, 0.1) is 6.92 Å². The predicted molar refractivity (Wildman–Crippen MR) is 130 cm³/mol. The third kappa shape index (κ3) is 6.63. The predicted octanol–water partition coefficient (Wildman–Crippen LogP) is 3.18. The molecule has 2 aromatic rings. The lowest BCUT2D eigenvalue weighted by Gasteiger charge is -2.37. The average molecular weight is 531 g/mol. The summed E-state index contributed by atoms with van der Waals surface area (Å²) < 4.78 is 5.21. The van der Waals surface area contributed by atoms with Crippen molar-refractivity contribution in [3.05, 3.63) is 41.2 Å². The molecule has 0 radical (unpaired) electrons. The van der Waals surface area contributed by atoms with Gasteiger partial charge in [-0.05, 0) is 43.8 Å². The molecule has 0 bridgehead atoms. The maximum atomic E-state index is 12.0. The van der Waals surface area contributed by atoms with Crippen molar-refractivity contribution < 1.29 is 9.21 Å². The molecule has 0 saturated carbocycles. The van der Waals surface area contributed by atoms with Crippen LogP contribution in [0.1, 0.15) is 29.5 Å². The summed E-state index contributed by atoms with van der Waals surface area (Å²) in [6.07, 6.45) is 2.32. The van der Waals surface area contributed by atoms with Gasteiger partial charge >= 0.3 is 0 Å². The fourth-order valence-electron chi connectivity index (χ4n) is 3.17. The largest absolute Gasteiger partial charge is 0.459 e. The van der Waals surface area contributed by atoms with Gasteiger partial charge in [-0.3, -0.25) is 9.79 Å². The Hall–Kier alpha value is -1.75. The van der Waals surface area contributed by atoms with Gasteiger partial charge in [-0.15, -0.1) is 35.3 Å². The van der Waals surface area contributed by atoms with E-state index in [2.05, 4.69) is 44.9 Å². The number of thiophene rings is 1. The summed E-state index contributed by atoms with van der Waals surface area (Å²) in [7, 11) is 0. The third-order valence-electron chi connectivity index (χ3n) is 4.68. The number of anilines is 1. The van der Waals surface area contributed by atoms with Crippen LogP contribution < -0.4 is 15.5 Å². The van der Waals surface area contributed by atoms with E-state index in [9.17, 15) is 4.79 Å². The summed E-state index contributed by atoms with van der Waals surface area (Å²) in [6.45, 7) is 9.97. The number of amides is 1. The summed E-state index contributed by atoms with van der Waals surface area (Å²) in [5.41, 5.74) is 0.853. The van der Waals surface area contributed by atoms with Crippen molar-refractivity contribution >= 4 is 52.2 Å². The first-order valence-corrected chi connectivity index (χ1v) is 10.7. The summed E-state index contributed by atoms with van der Waals surface area (Å²) in [4.78, 5) is 21.5. The number of hydrogen-bond donors (Lipinski definition) is 2. The van der Waals surface area contributed by atoms with Gasteiger partial charge < -0.3 is 24.9 Å². The van der Waals surface area contributed by atoms with Crippen LogP contribution >= 0.6 is 35.3 Å². The minimum absolute atomic E-state index is 0.